The van der Waals surface area contributed by atoms with E-state index < -0.39 is 0 Å². The van der Waals surface area contributed by atoms with Crippen LogP contribution in [0.25, 0.3) is 0 Å². The average Bonchev–Trinajstić information content (AvgIpc) is 2.88. The minimum atomic E-state index is 0.366. The number of nitrogens with zero attached hydrogens (tertiary/aromatic N) is 1. The van der Waals surface area contributed by atoms with Crippen LogP contribution in [0.4, 0.5) is 0 Å². The minimum absolute atomic E-state index is 0.366. The van der Waals surface area contributed by atoms with Crippen LogP contribution in [0.2, 0.25) is 0 Å². The van der Waals surface area contributed by atoms with Gasteiger partial charge < -0.3 is 0 Å². The van der Waals surface area contributed by atoms with Crippen molar-refractivity contribution in [2.75, 3.05) is 0 Å². The van der Waals surface area contributed by atoms with Crippen molar-refractivity contribution < 1.29 is 4.79 Å². The molecule has 0 amide bonds. The van der Waals surface area contributed by atoms with E-state index in [2.05, 4.69) is 4.98 Å². The van der Waals surface area contributed by atoms with Crippen molar-refractivity contribution in [2.45, 2.75) is 19.3 Å². The first kappa shape index (κ1) is 7.47. The Morgan fingerprint density at radius 1 is 1.58 bits per heavy atom. The molecule has 0 saturated heterocycles. The molecule has 62 valence electrons. The summed E-state index contributed by atoms with van der Waals surface area (Å²) in [6, 6.07) is 3.82. The lowest BCUT2D eigenvalue weighted by atomic mass is 10.1. The second-order valence-electron chi connectivity index (χ2n) is 3.28. The third kappa shape index (κ3) is 1.70. The van der Waals surface area contributed by atoms with Crippen LogP contribution in [0.1, 0.15) is 18.4 Å². The summed E-state index contributed by atoms with van der Waals surface area (Å²) < 4.78 is 0. The number of Topliss-reactive ketones (excluding diaryl/α,β-unsaturated/α-hetero) is 1. The maximum absolute atomic E-state index is 11.3. The Hall–Kier alpha value is -1.18. The fourth-order valence-electron chi connectivity index (χ4n) is 1.25. The molecule has 2 rings (SSSR count). The van der Waals surface area contributed by atoms with Crippen LogP contribution >= 0.6 is 0 Å². The van der Waals surface area contributed by atoms with Crippen molar-refractivity contribution >= 4 is 5.78 Å². The van der Waals surface area contributed by atoms with E-state index in [1.54, 1.807) is 12.4 Å². The Kier molecular flexibility index (Phi) is 1.90. The third-order valence-electron chi connectivity index (χ3n) is 2.13. The molecule has 2 nitrogen and oxygen atoms in total. The van der Waals surface area contributed by atoms with Gasteiger partial charge in [0.2, 0.25) is 0 Å². The highest BCUT2D eigenvalue weighted by Crippen LogP contribution is 2.30. The van der Waals surface area contributed by atoms with Gasteiger partial charge in [-0.05, 0) is 24.5 Å². The minimum Gasteiger partial charge on any atom is -0.299 e. The molecule has 12 heavy (non-hydrogen) atoms. The van der Waals surface area contributed by atoms with E-state index in [4.69, 9.17) is 0 Å². The predicted molar refractivity (Wildman–Crippen MR) is 45.7 cm³/mol. The first-order chi connectivity index (χ1) is 5.86. The first-order valence-corrected chi connectivity index (χ1v) is 4.28. The van der Waals surface area contributed by atoms with Gasteiger partial charge in [0, 0.05) is 24.7 Å². The summed E-state index contributed by atoms with van der Waals surface area (Å²) >= 11 is 0. The van der Waals surface area contributed by atoms with E-state index in [-0.39, 0.29) is 0 Å². The van der Waals surface area contributed by atoms with Gasteiger partial charge in [0.15, 0.2) is 0 Å². The summed E-state index contributed by atoms with van der Waals surface area (Å²) in [5.74, 6) is 0.744. The van der Waals surface area contributed by atoms with Gasteiger partial charge >= 0.3 is 0 Å². The SMILES string of the molecule is O=C(Cc1cccnc1)C1CC1. The number of ketones is 1. The summed E-state index contributed by atoms with van der Waals surface area (Å²) in [4.78, 5) is 15.3. The van der Waals surface area contributed by atoms with Gasteiger partial charge in [0.1, 0.15) is 5.78 Å². The normalized spacial score (nSPS) is 16.0. The Bertz CT molecular complexity index is 277. The van der Waals surface area contributed by atoms with Crippen molar-refractivity contribution in [3.8, 4) is 0 Å². The Labute approximate surface area is 71.6 Å². The van der Waals surface area contributed by atoms with Crippen LogP contribution in [0.5, 0.6) is 0 Å². The molecule has 1 fully saturated rings. The van der Waals surface area contributed by atoms with Crippen molar-refractivity contribution in [1.82, 2.24) is 4.98 Å². The highest BCUT2D eigenvalue weighted by Gasteiger charge is 2.28. The number of pyridine rings is 1. The molecule has 0 bridgehead atoms. The standard InChI is InChI=1S/C10H11NO/c12-10(9-3-4-9)6-8-2-1-5-11-7-8/h1-2,5,7,9H,3-4,6H2. The topological polar surface area (TPSA) is 30.0 Å². The monoisotopic (exact) mass is 161 g/mol. The van der Waals surface area contributed by atoms with E-state index in [0.29, 0.717) is 18.1 Å². The van der Waals surface area contributed by atoms with Crippen LogP contribution in [0.15, 0.2) is 24.5 Å². The Balaban J connectivity index is 1.98. The highest BCUT2D eigenvalue weighted by atomic mass is 16.1. The maximum atomic E-state index is 11.3. The van der Waals surface area contributed by atoms with E-state index in [1.165, 1.54) is 0 Å². The zero-order valence-electron chi connectivity index (χ0n) is 6.86. The summed E-state index contributed by atoms with van der Waals surface area (Å²) in [5, 5.41) is 0. The van der Waals surface area contributed by atoms with Gasteiger partial charge in [0.05, 0.1) is 0 Å². The molecule has 2 heteroatoms. The molecule has 1 heterocycles. The average molecular weight is 161 g/mol. The maximum Gasteiger partial charge on any atom is 0.140 e. The van der Waals surface area contributed by atoms with Gasteiger partial charge in [-0.2, -0.15) is 0 Å². The molecule has 1 aromatic heterocycles. The molecular formula is C10H11NO. The van der Waals surface area contributed by atoms with E-state index in [1.807, 2.05) is 12.1 Å². The Morgan fingerprint density at radius 2 is 2.42 bits per heavy atom. The molecule has 0 spiro atoms. The van der Waals surface area contributed by atoms with Crippen molar-refractivity contribution in [3.63, 3.8) is 0 Å². The Morgan fingerprint density at radius 3 is 3.00 bits per heavy atom. The van der Waals surface area contributed by atoms with E-state index >= 15 is 0 Å². The molecular weight excluding hydrogens is 150 g/mol. The molecule has 1 aromatic rings. The number of carbonyl (C=O) groups is 1. The van der Waals surface area contributed by atoms with Gasteiger partial charge in [-0.15, -0.1) is 0 Å². The van der Waals surface area contributed by atoms with E-state index in [9.17, 15) is 4.79 Å². The summed E-state index contributed by atoms with van der Waals surface area (Å²) in [7, 11) is 0. The van der Waals surface area contributed by atoms with Crippen LogP contribution < -0.4 is 0 Å². The van der Waals surface area contributed by atoms with Gasteiger partial charge in [-0.25, -0.2) is 0 Å². The largest absolute Gasteiger partial charge is 0.299 e. The van der Waals surface area contributed by atoms with Crippen LogP contribution in [0, 0.1) is 5.92 Å². The molecule has 0 aromatic carbocycles. The molecule has 0 unspecified atom stereocenters. The van der Waals surface area contributed by atoms with Crippen molar-refractivity contribution in [3.05, 3.63) is 30.1 Å². The summed E-state index contributed by atoms with van der Waals surface area (Å²) in [6.45, 7) is 0. The number of hydrogen-bond donors (Lipinski definition) is 0. The molecule has 1 aliphatic carbocycles. The molecule has 1 saturated carbocycles. The number of aromatic nitrogens is 1. The second kappa shape index (κ2) is 3.05. The third-order valence-corrected chi connectivity index (χ3v) is 2.13. The zero-order chi connectivity index (χ0) is 8.39. The molecule has 0 aliphatic heterocycles. The van der Waals surface area contributed by atoms with Crippen molar-refractivity contribution in [1.29, 1.82) is 0 Å². The van der Waals surface area contributed by atoms with Crippen LogP contribution in [0.3, 0.4) is 0 Å². The second-order valence-corrected chi connectivity index (χ2v) is 3.28. The van der Waals surface area contributed by atoms with Crippen LogP contribution in [-0.4, -0.2) is 10.8 Å². The lowest BCUT2D eigenvalue weighted by Crippen LogP contribution is -2.04. The van der Waals surface area contributed by atoms with Gasteiger partial charge in [-0.3, -0.25) is 9.78 Å². The fourth-order valence-corrected chi connectivity index (χ4v) is 1.25. The lowest BCUT2D eigenvalue weighted by molar-refractivity contribution is -0.119. The first-order valence-electron chi connectivity index (χ1n) is 4.28. The lowest BCUT2D eigenvalue weighted by Gasteiger charge is -1.96. The molecule has 1 aliphatic rings. The predicted octanol–water partition coefficient (Wildman–Crippen LogP) is 1.60. The molecule has 0 radical (unpaired) electrons. The van der Waals surface area contributed by atoms with Crippen molar-refractivity contribution in [2.24, 2.45) is 5.92 Å². The van der Waals surface area contributed by atoms with Gasteiger partial charge in [-0.1, -0.05) is 6.07 Å². The highest BCUT2D eigenvalue weighted by molar-refractivity contribution is 5.85. The number of hydrogen-bond acceptors (Lipinski definition) is 2. The molecule has 0 N–H and O–H groups in total. The summed E-state index contributed by atoms with van der Waals surface area (Å²) in [5.41, 5.74) is 1.04. The number of rotatable bonds is 3. The molecule has 0 atom stereocenters. The smallest absolute Gasteiger partial charge is 0.140 e. The van der Waals surface area contributed by atoms with E-state index in [0.717, 1.165) is 18.4 Å². The summed E-state index contributed by atoms with van der Waals surface area (Å²) in [6.07, 6.45) is 6.25. The zero-order valence-corrected chi connectivity index (χ0v) is 6.86. The van der Waals surface area contributed by atoms with Crippen LogP contribution in [-0.2, 0) is 11.2 Å². The van der Waals surface area contributed by atoms with Gasteiger partial charge in [0.25, 0.3) is 0 Å². The fraction of sp³-hybridized carbons (Fsp3) is 0.400. The quantitative estimate of drug-likeness (QED) is 0.674. The number of carbonyl (C=O) groups excluding carboxylic acids is 1.